The molecular weight excluding hydrogens is 231 g/mol. The maximum absolute atomic E-state index is 12.4. The van der Waals surface area contributed by atoms with Crippen molar-refractivity contribution in [3.63, 3.8) is 0 Å². The maximum atomic E-state index is 12.4. The van der Waals surface area contributed by atoms with Crippen molar-refractivity contribution in [3.05, 3.63) is 29.3 Å². The summed E-state index contributed by atoms with van der Waals surface area (Å²) < 4.78 is 37.3. The first-order valence-corrected chi connectivity index (χ1v) is 4.86. The lowest BCUT2D eigenvalue weighted by Crippen LogP contribution is -2.11. The highest BCUT2D eigenvalue weighted by Gasteiger charge is 2.30. The summed E-state index contributed by atoms with van der Waals surface area (Å²) in [6.07, 6.45) is -3.92. The molecule has 17 heavy (non-hydrogen) atoms. The van der Waals surface area contributed by atoms with Gasteiger partial charge in [-0.05, 0) is 18.2 Å². The van der Waals surface area contributed by atoms with Gasteiger partial charge in [-0.25, -0.2) is 0 Å². The van der Waals surface area contributed by atoms with Gasteiger partial charge < -0.3 is 11.2 Å². The van der Waals surface area contributed by atoms with Crippen molar-refractivity contribution in [2.24, 2.45) is 11.6 Å². The van der Waals surface area contributed by atoms with Crippen molar-refractivity contribution < 1.29 is 13.2 Å². The number of hydrogen-bond acceptors (Lipinski definition) is 3. The van der Waals surface area contributed by atoms with E-state index in [1.165, 1.54) is 6.07 Å². The zero-order valence-corrected chi connectivity index (χ0v) is 8.93. The van der Waals surface area contributed by atoms with E-state index in [0.717, 1.165) is 12.1 Å². The van der Waals surface area contributed by atoms with E-state index in [-0.39, 0.29) is 5.69 Å². The van der Waals surface area contributed by atoms with Crippen molar-refractivity contribution in [2.75, 3.05) is 12.0 Å². The Bertz CT molecular complexity index is 444. The summed E-state index contributed by atoms with van der Waals surface area (Å²) in [5.41, 5.74) is 7.24. The zero-order valence-electron chi connectivity index (χ0n) is 8.93. The monoisotopic (exact) mass is 243 g/mol. The second kappa shape index (κ2) is 5.57. The number of hydrazine groups is 1. The predicted molar refractivity (Wildman–Crippen MR) is 59.8 cm³/mol. The lowest BCUT2D eigenvalue weighted by molar-refractivity contribution is -0.137. The van der Waals surface area contributed by atoms with Crippen molar-refractivity contribution in [1.29, 1.82) is 0 Å². The maximum Gasteiger partial charge on any atom is 0.416 e. The van der Waals surface area contributed by atoms with E-state index in [2.05, 4.69) is 17.3 Å². The average molecular weight is 243 g/mol. The molecule has 0 aliphatic carbocycles. The van der Waals surface area contributed by atoms with E-state index >= 15 is 0 Å². The van der Waals surface area contributed by atoms with Crippen LogP contribution in [-0.4, -0.2) is 6.54 Å². The number of anilines is 1. The summed E-state index contributed by atoms with van der Waals surface area (Å²) in [5, 5.41) is 0. The number of nitrogens with two attached hydrogens (primary N) is 2. The summed E-state index contributed by atoms with van der Waals surface area (Å²) in [7, 11) is 0. The van der Waals surface area contributed by atoms with E-state index in [1.54, 1.807) is 0 Å². The minimum absolute atomic E-state index is 0.143. The SMILES string of the molecule is NCCC#Cc1ccc(C(F)(F)F)cc1NN. The fraction of sp³-hybridized carbons (Fsp3) is 0.273. The first-order valence-electron chi connectivity index (χ1n) is 4.86. The largest absolute Gasteiger partial charge is 0.416 e. The zero-order chi connectivity index (χ0) is 12.9. The quantitative estimate of drug-likeness (QED) is 0.421. The van der Waals surface area contributed by atoms with Crippen LogP contribution >= 0.6 is 0 Å². The van der Waals surface area contributed by atoms with Crippen LogP contribution in [0.25, 0.3) is 0 Å². The van der Waals surface area contributed by atoms with Gasteiger partial charge in [0.25, 0.3) is 0 Å². The Balaban J connectivity index is 3.07. The third-order valence-corrected chi connectivity index (χ3v) is 1.99. The number of nitrogens with one attached hydrogen (secondary N) is 1. The molecule has 0 radical (unpaired) electrons. The van der Waals surface area contributed by atoms with Gasteiger partial charge in [-0.2, -0.15) is 13.2 Å². The van der Waals surface area contributed by atoms with Crippen LogP contribution in [-0.2, 0) is 6.18 Å². The van der Waals surface area contributed by atoms with Gasteiger partial charge in [0, 0.05) is 18.5 Å². The number of alkyl halides is 3. The normalized spacial score (nSPS) is 10.6. The Labute approximate surface area is 97.0 Å². The molecule has 0 aliphatic rings. The molecular formula is C11H12F3N3. The molecule has 0 fully saturated rings. The fourth-order valence-electron chi connectivity index (χ4n) is 1.18. The van der Waals surface area contributed by atoms with Crippen LogP contribution < -0.4 is 17.0 Å². The molecule has 0 atom stereocenters. The Morgan fingerprint density at radius 2 is 2.00 bits per heavy atom. The van der Waals surface area contributed by atoms with E-state index < -0.39 is 11.7 Å². The predicted octanol–water partition coefficient (Wildman–Crippen LogP) is 1.69. The highest BCUT2D eigenvalue weighted by Crippen LogP contribution is 2.31. The van der Waals surface area contributed by atoms with Crippen LogP contribution in [0.2, 0.25) is 0 Å². The molecule has 3 nitrogen and oxygen atoms in total. The van der Waals surface area contributed by atoms with Gasteiger partial charge in [-0.1, -0.05) is 11.8 Å². The number of rotatable bonds is 2. The molecule has 0 spiro atoms. The topological polar surface area (TPSA) is 64.1 Å². The molecule has 0 bridgehead atoms. The number of benzene rings is 1. The van der Waals surface area contributed by atoms with Gasteiger partial charge in [0.05, 0.1) is 11.3 Å². The Morgan fingerprint density at radius 3 is 2.53 bits per heavy atom. The van der Waals surface area contributed by atoms with E-state index in [1.807, 2.05) is 0 Å². The second-order valence-corrected chi connectivity index (χ2v) is 3.24. The van der Waals surface area contributed by atoms with Crippen molar-refractivity contribution in [1.82, 2.24) is 0 Å². The molecule has 0 amide bonds. The lowest BCUT2D eigenvalue weighted by atomic mass is 10.1. The van der Waals surface area contributed by atoms with Gasteiger partial charge in [-0.3, -0.25) is 5.84 Å². The Morgan fingerprint density at radius 1 is 1.29 bits per heavy atom. The van der Waals surface area contributed by atoms with Crippen LogP contribution in [0.15, 0.2) is 18.2 Å². The minimum Gasteiger partial charge on any atom is -0.330 e. The molecule has 0 heterocycles. The molecule has 0 unspecified atom stereocenters. The van der Waals surface area contributed by atoms with Gasteiger partial charge in [-0.15, -0.1) is 0 Å². The molecule has 0 saturated carbocycles. The molecule has 1 aromatic rings. The van der Waals surface area contributed by atoms with Gasteiger partial charge in [0.2, 0.25) is 0 Å². The Hall–Kier alpha value is -1.71. The van der Waals surface area contributed by atoms with Crippen LogP contribution in [0, 0.1) is 11.8 Å². The number of halogens is 3. The van der Waals surface area contributed by atoms with Crippen LogP contribution in [0.3, 0.4) is 0 Å². The van der Waals surface area contributed by atoms with Crippen molar-refractivity contribution in [3.8, 4) is 11.8 Å². The number of nitrogen functional groups attached to an aromatic ring is 1. The lowest BCUT2D eigenvalue weighted by Gasteiger charge is -2.10. The summed E-state index contributed by atoms with van der Waals surface area (Å²) in [6.45, 7) is 0.402. The molecule has 92 valence electrons. The minimum atomic E-state index is -4.39. The fourth-order valence-corrected chi connectivity index (χ4v) is 1.18. The van der Waals surface area contributed by atoms with Gasteiger partial charge in [0.15, 0.2) is 0 Å². The van der Waals surface area contributed by atoms with Crippen molar-refractivity contribution in [2.45, 2.75) is 12.6 Å². The highest BCUT2D eigenvalue weighted by molar-refractivity contribution is 5.60. The average Bonchev–Trinajstić information content (AvgIpc) is 2.28. The van der Waals surface area contributed by atoms with Crippen LogP contribution in [0.1, 0.15) is 17.5 Å². The first-order chi connectivity index (χ1) is 7.99. The van der Waals surface area contributed by atoms with E-state index in [9.17, 15) is 13.2 Å². The third-order valence-electron chi connectivity index (χ3n) is 1.99. The van der Waals surface area contributed by atoms with Crippen molar-refractivity contribution >= 4 is 5.69 Å². The molecule has 1 rings (SSSR count). The van der Waals surface area contributed by atoms with Gasteiger partial charge in [0.1, 0.15) is 0 Å². The van der Waals surface area contributed by atoms with E-state index in [0.29, 0.717) is 18.5 Å². The van der Waals surface area contributed by atoms with Crippen LogP contribution in [0.4, 0.5) is 18.9 Å². The molecule has 1 aromatic carbocycles. The summed E-state index contributed by atoms with van der Waals surface area (Å²) in [6, 6.07) is 3.17. The van der Waals surface area contributed by atoms with Crippen LogP contribution in [0.5, 0.6) is 0 Å². The summed E-state index contributed by atoms with van der Waals surface area (Å²) in [5.74, 6) is 10.6. The standard InChI is InChI=1S/C11H12F3N3/c12-11(13,14)9-5-4-8(3-1-2-6-15)10(7-9)17-16/h4-5,7,17H,2,6,15-16H2. The number of hydrogen-bond donors (Lipinski definition) is 3. The Kier molecular flexibility index (Phi) is 4.37. The first kappa shape index (κ1) is 13.4. The van der Waals surface area contributed by atoms with Gasteiger partial charge >= 0.3 is 6.18 Å². The third kappa shape index (κ3) is 3.66. The second-order valence-electron chi connectivity index (χ2n) is 3.24. The molecule has 6 heteroatoms. The summed E-state index contributed by atoms with van der Waals surface area (Å²) >= 11 is 0. The molecule has 0 aromatic heterocycles. The van der Waals surface area contributed by atoms with E-state index in [4.69, 9.17) is 11.6 Å². The summed E-state index contributed by atoms with van der Waals surface area (Å²) in [4.78, 5) is 0. The highest BCUT2D eigenvalue weighted by atomic mass is 19.4. The molecule has 0 saturated heterocycles. The smallest absolute Gasteiger partial charge is 0.330 e. The molecule has 0 aliphatic heterocycles. The molecule has 5 N–H and O–H groups in total.